The van der Waals surface area contributed by atoms with E-state index in [4.69, 9.17) is 9.41 Å². The molecule has 0 spiro atoms. The van der Waals surface area contributed by atoms with Crippen LogP contribution in [0.3, 0.4) is 0 Å². The second-order valence-electron chi connectivity index (χ2n) is 8.79. The average Bonchev–Trinajstić information content (AvgIpc) is 3.44. The Hall–Kier alpha value is -3.65. The molecule has 0 N–H and O–H groups in total. The molecular weight excluding hydrogens is 462 g/mol. The molecule has 178 valence electrons. The van der Waals surface area contributed by atoms with E-state index in [1.807, 2.05) is 48.2 Å². The van der Waals surface area contributed by atoms with Gasteiger partial charge in [-0.1, -0.05) is 43.5 Å². The van der Waals surface area contributed by atoms with Crippen molar-refractivity contribution in [1.29, 1.82) is 0 Å². The van der Waals surface area contributed by atoms with Gasteiger partial charge in [0.2, 0.25) is 0 Å². The molecule has 0 atom stereocenters. The predicted octanol–water partition coefficient (Wildman–Crippen LogP) is 7.10. The Kier molecular flexibility index (Phi) is 6.55. The zero-order valence-electron chi connectivity index (χ0n) is 19.3. The largest absolute Gasteiger partial charge is 0.456 e. The maximum absolute atomic E-state index is 13.5. The number of nitrogens with zero attached hydrogens (tertiary/aromatic N) is 3. The molecule has 2 aromatic carbocycles. The topological polar surface area (TPSA) is 89.0 Å². The maximum atomic E-state index is 13.5. The Morgan fingerprint density at radius 1 is 1.09 bits per heavy atom. The van der Waals surface area contributed by atoms with E-state index in [0.717, 1.165) is 36.9 Å². The standard InChI is InChI=1S/C27H25N3O4S/c1-18-12-14-22(23(16-18)30(32)33)24-15-13-21(34-24)17-25-26(31)29(20-10-6-3-7-11-20)27(35-25)28-19-8-4-2-5-9-19/h2,4-5,8-9,12-17,20H,3,6-7,10-11H2,1H3/b25-17-,28-27?. The number of hydrogen-bond acceptors (Lipinski definition) is 6. The van der Waals surface area contributed by atoms with E-state index in [2.05, 4.69) is 0 Å². The number of rotatable bonds is 5. The molecule has 1 aliphatic heterocycles. The molecule has 2 aliphatic rings. The van der Waals surface area contributed by atoms with Crippen molar-refractivity contribution >= 4 is 40.3 Å². The van der Waals surface area contributed by atoms with Crippen molar-refractivity contribution in [3.05, 3.63) is 87.0 Å². The van der Waals surface area contributed by atoms with Crippen molar-refractivity contribution in [1.82, 2.24) is 4.90 Å². The normalized spacial score (nSPS) is 19.1. The minimum atomic E-state index is -0.409. The van der Waals surface area contributed by atoms with Gasteiger partial charge in [-0.3, -0.25) is 19.8 Å². The van der Waals surface area contributed by atoms with Crippen molar-refractivity contribution < 1.29 is 14.1 Å². The van der Waals surface area contributed by atoms with E-state index in [0.29, 0.717) is 27.2 Å². The molecule has 1 saturated heterocycles. The summed E-state index contributed by atoms with van der Waals surface area (Å²) in [5.74, 6) is 0.785. The van der Waals surface area contributed by atoms with Gasteiger partial charge in [0.1, 0.15) is 11.5 Å². The zero-order chi connectivity index (χ0) is 24.4. The number of nitro groups is 1. The maximum Gasteiger partial charge on any atom is 0.280 e. The summed E-state index contributed by atoms with van der Waals surface area (Å²) >= 11 is 1.34. The number of thioether (sulfide) groups is 1. The lowest BCUT2D eigenvalue weighted by molar-refractivity contribution is -0.384. The summed E-state index contributed by atoms with van der Waals surface area (Å²) in [7, 11) is 0. The van der Waals surface area contributed by atoms with Gasteiger partial charge in [-0.15, -0.1) is 0 Å². The van der Waals surface area contributed by atoms with E-state index in [1.165, 1.54) is 24.2 Å². The van der Waals surface area contributed by atoms with Gasteiger partial charge in [0.15, 0.2) is 5.17 Å². The number of amidine groups is 1. The van der Waals surface area contributed by atoms with Crippen molar-refractivity contribution in [3.8, 4) is 11.3 Å². The van der Waals surface area contributed by atoms with Gasteiger partial charge in [0.05, 0.1) is 21.1 Å². The fourth-order valence-electron chi connectivity index (χ4n) is 4.54. The number of aryl methyl sites for hydroxylation is 1. The van der Waals surface area contributed by atoms with Crippen LogP contribution in [-0.2, 0) is 4.79 Å². The van der Waals surface area contributed by atoms with Crippen LogP contribution in [0.2, 0.25) is 0 Å². The molecule has 2 fully saturated rings. The number of carbonyl (C=O) groups excluding carboxylic acids is 1. The molecule has 1 amide bonds. The highest BCUT2D eigenvalue weighted by Crippen LogP contribution is 2.39. The van der Waals surface area contributed by atoms with Crippen molar-refractivity contribution in [2.24, 2.45) is 4.99 Å². The molecule has 7 nitrogen and oxygen atoms in total. The molecule has 5 rings (SSSR count). The summed E-state index contributed by atoms with van der Waals surface area (Å²) in [4.78, 5) is 31.8. The fraction of sp³-hybridized carbons (Fsp3) is 0.259. The molecule has 0 bridgehead atoms. The first-order valence-electron chi connectivity index (χ1n) is 11.7. The summed E-state index contributed by atoms with van der Waals surface area (Å²) in [6, 6.07) is 18.2. The fourth-order valence-corrected chi connectivity index (χ4v) is 5.58. The Bertz CT molecular complexity index is 1320. The van der Waals surface area contributed by atoms with Crippen LogP contribution in [0.4, 0.5) is 11.4 Å². The van der Waals surface area contributed by atoms with E-state index >= 15 is 0 Å². The molecule has 1 saturated carbocycles. The quantitative estimate of drug-likeness (QED) is 0.217. The lowest BCUT2D eigenvalue weighted by atomic mass is 9.94. The van der Waals surface area contributed by atoms with Crippen LogP contribution in [0.5, 0.6) is 0 Å². The summed E-state index contributed by atoms with van der Waals surface area (Å²) in [5.41, 5.74) is 2.00. The first-order chi connectivity index (χ1) is 17.0. The number of benzene rings is 2. The van der Waals surface area contributed by atoms with Crippen molar-refractivity contribution in [3.63, 3.8) is 0 Å². The minimum Gasteiger partial charge on any atom is -0.456 e. The third kappa shape index (κ3) is 4.93. The highest BCUT2D eigenvalue weighted by atomic mass is 32.2. The van der Waals surface area contributed by atoms with Crippen LogP contribution in [0.15, 0.2) is 75.0 Å². The third-order valence-electron chi connectivity index (χ3n) is 6.27. The van der Waals surface area contributed by atoms with Crippen LogP contribution in [-0.4, -0.2) is 26.9 Å². The van der Waals surface area contributed by atoms with Crippen LogP contribution >= 0.6 is 11.8 Å². The van der Waals surface area contributed by atoms with Crippen molar-refractivity contribution in [2.45, 2.75) is 45.1 Å². The molecule has 1 aromatic heterocycles. The lowest BCUT2D eigenvalue weighted by Gasteiger charge is -2.30. The number of para-hydroxylation sites is 1. The minimum absolute atomic E-state index is 0.00868. The number of carbonyl (C=O) groups is 1. The molecule has 2 heterocycles. The van der Waals surface area contributed by atoms with E-state index in [1.54, 1.807) is 24.3 Å². The smallest absolute Gasteiger partial charge is 0.280 e. The SMILES string of the molecule is Cc1ccc(-c2ccc(/C=C3\SC(=Nc4ccccc4)N(C4CCCCC4)C3=O)o2)c([N+](=O)[O-])c1. The van der Waals surface area contributed by atoms with Crippen LogP contribution in [0.25, 0.3) is 17.4 Å². The Morgan fingerprint density at radius 3 is 2.60 bits per heavy atom. The predicted molar refractivity (Wildman–Crippen MR) is 138 cm³/mol. The van der Waals surface area contributed by atoms with Crippen LogP contribution < -0.4 is 0 Å². The van der Waals surface area contributed by atoms with Gasteiger partial charge in [0, 0.05) is 18.2 Å². The molecule has 0 unspecified atom stereocenters. The second kappa shape index (κ2) is 9.92. The Morgan fingerprint density at radius 2 is 1.86 bits per heavy atom. The highest BCUT2D eigenvalue weighted by Gasteiger charge is 2.39. The zero-order valence-corrected chi connectivity index (χ0v) is 20.2. The van der Waals surface area contributed by atoms with Gasteiger partial charge in [-0.05, 0) is 67.4 Å². The number of nitro benzene ring substituents is 1. The van der Waals surface area contributed by atoms with Gasteiger partial charge < -0.3 is 4.42 Å². The van der Waals surface area contributed by atoms with E-state index < -0.39 is 4.92 Å². The van der Waals surface area contributed by atoms with E-state index in [-0.39, 0.29) is 17.6 Å². The summed E-state index contributed by atoms with van der Waals surface area (Å²) in [6.07, 6.45) is 7.05. The first-order valence-corrected chi connectivity index (χ1v) is 12.5. The lowest BCUT2D eigenvalue weighted by Crippen LogP contribution is -2.40. The first kappa shape index (κ1) is 23.1. The third-order valence-corrected chi connectivity index (χ3v) is 7.26. The van der Waals surface area contributed by atoms with Crippen LogP contribution in [0, 0.1) is 17.0 Å². The van der Waals surface area contributed by atoms with E-state index in [9.17, 15) is 14.9 Å². The Labute approximate surface area is 207 Å². The molecule has 3 aromatic rings. The molecule has 0 radical (unpaired) electrons. The van der Waals surface area contributed by atoms with Gasteiger partial charge in [-0.25, -0.2) is 4.99 Å². The summed E-state index contributed by atoms with van der Waals surface area (Å²) < 4.78 is 5.94. The summed E-state index contributed by atoms with van der Waals surface area (Å²) in [6.45, 7) is 1.81. The number of hydrogen-bond donors (Lipinski definition) is 0. The van der Waals surface area contributed by atoms with Gasteiger partial charge >= 0.3 is 0 Å². The summed E-state index contributed by atoms with van der Waals surface area (Å²) in [5, 5.41) is 12.2. The number of aliphatic imine (C=N–C) groups is 1. The molecule has 35 heavy (non-hydrogen) atoms. The van der Waals surface area contributed by atoms with Crippen LogP contribution in [0.1, 0.15) is 43.4 Å². The average molecular weight is 488 g/mol. The van der Waals surface area contributed by atoms with Gasteiger partial charge in [0.25, 0.3) is 11.6 Å². The monoisotopic (exact) mass is 487 g/mol. The number of furan rings is 1. The molecule has 8 heteroatoms. The van der Waals surface area contributed by atoms with Crippen molar-refractivity contribution in [2.75, 3.05) is 0 Å². The second-order valence-corrected chi connectivity index (χ2v) is 9.80. The Balaban J connectivity index is 1.47. The molecule has 1 aliphatic carbocycles. The van der Waals surface area contributed by atoms with Gasteiger partial charge in [-0.2, -0.15) is 0 Å². The highest BCUT2D eigenvalue weighted by molar-refractivity contribution is 8.18. The molecular formula is C27H25N3O4S. The number of amides is 1.